The third-order valence-electron chi connectivity index (χ3n) is 6.37. The van der Waals surface area contributed by atoms with Crippen molar-refractivity contribution < 1.29 is 19.2 Å². The number of nitrogens with one attached hydrogen (secondary N) is 4. The highest BCUT2D eigenvalue weighted by atomic mass is 16.2. The predicted octanol–water partition coefficient (Wildman–Crippen LogP) is 4.29. The van der Waals surface area contributed by atoms with E-state index in [1.54, 1.807) is 0 Å². The highest BCUT2D eigenvalue weighted by Crippen LogP contribution is 2.11. The number of unbranched alkanes of at least 4 members (excludes halogenated alkanes) is 11. The number of carbonyl (C=O) groups excluding carboxylic acids is 4. The van der Waals surface area contributed by atoms with Gasteiger partial charge in [-0.3, -0.25) is 19.7 Å². The van der Waals surface area contributed by atoms with Gasteiger partial charge in [0.25, 0.3) is 0 Å². The molecule has 9 nitrogen and oxygen atoms in total. The first-order valence-electron chi connectivity index (χ1n) is 14.6. The van der Waals surface area contributed by atoms with E-state index in [1.807, 2.05) is 19.2 Å². The van der Waals surface area contributed by atoms with Crippen LogP contribution in [-0.4, -0.2) is 49.4 Å². The fourth-order valence-electron chi connectivity index (χ4n) is 4.14. The standard InChI is InChI=1S/C28H55N5O4/c1-4-5-6-7-8-9-10-11-12-13-14-15-20-30-21-16-18-24(34)32-26(23(2)3)27(36)31-22-17-19-25(35)33-28(29)37/h23,26,30H,4-22H2,1-3H3,(H,31,36)(H,32,34)(H3,29,33,35,37)/t26-/m0/s1. The van der Waals surface area contributed by atoms with E-state index in [1.165, 1.54) is 77.0 Å². The van der Waals surface area contributed by atoms with Crippen LogP contribution in [0.5, 0.6) is 0 Å². The Bertz CT molecular complexity index is 628. The normalized spacial score (nSPS) is 11.8. The summed E-state index contributed by atoms with van der Waals surface area (Å²) in [5.41, 5.74) is 4.89. The molecule has 0 heterocycles. The Hall–Kier alpha value is -2.16. The second-order valence-corrected chi connectivity index (χ2v) is 10.3. The number of hydrogen-bond acceptors (Lipinski definition) is 5. The van der Waals surface area contributed by atoms with Crippen LogP contribution in [0.2, 0.25) is 0 Å². The first-order chi connectivity index (χ1) is 17.8. The maximum absolute atomic E-state index is 12.5. The molecule has 0 saturated carbocycles. The quantitative estimate of drug-likeness (QED) is 0.119. The van der Waals surface area contributed by atoms with Crippen molar-refractivity contribution in [3.05, 3.63) is 0 Å². The number of nitrogens with two attached hydrogens (primary N) is 1. The van der Waals surface area contributed by atoms with Crippen molar-refractivity contribution in [1.82, 2.24) is 21.3 Å². The molecule has 0 unspecified atom stereocenters. The Kier molecular flexibility index (Phi) is 22.8. The second kappa shape index (κ2) is 24.2. The lowest BCUT2D eigenvalue weighted by molar-refractivity contribution is -0.130. The van der Waals surface area contributed by atoms with Gasteiger partial charge in [0.1, 0.15) is 6.04 Å². The molecular formula is C28H55N5O4. The van der Waals surface area contributed by atoms with Crippen LogP contribution in [0.25, 0.3) is 0 Å². The van der Waals surface area contributed by atoms with Crippen molar-refractivity contribution in [1.29, 1.82) is 0 Å². The lowest BCUT2D eigenvalue weighted by Crippen LogP contribution is -2.50. The van der Waals surface area contributed by atoms with E-state index in [4.69, 9.17) is 5.73 Å². The van der Waals surface area contributed by atoms with E-state index in [0.717, 1.165) is 19.5 Å². The van der Waals surface area contributed by atoms with Crippen molar-refractivity contribution in [3.63, 3.8) is 0 Å². The van der Waals surface area contributed by atoms with Crippen LogP contribution in [0, 0.1) is 5.92 Å². The SMILES string of the molecule is CCCCCCCCCCCCCCNCCCC(=O)N[C@H](C(=O)NCCCC(=O)NC(N)=O)C(C)C. The molecule has 1 atom stereocenters. The molecule has 216 valence electrons. The molecule has 6 N–H and O–H groups in total. The number of imide groups is 1. The van der Waals surface area contributed by atoms with Gasteiger partial charge >= 0.3 is 6.03 Å². The maximum atomic E-state index is 12.5. The van der Waals surface area contributed by atoms with Crippen molar-refractivity contribution >= 4 is 23.8 Å². The molecule has 0 fully saturated rings. The monoisotopic (exact) mass is 525 g/mol. The molecule has 0 aliphatic carbocycles. The molecule has 0 saturated heterocycles. The third-order valence-corrected chi connectivity index (χ3v) is 6.37. The van der Waals surface area contributed by atoms with Gasteiger partial charge in [-0.05, 0) is 38.3 Å². The van der Waals surface area contributed by atoms with E-state index in [2.05, 4.69) is 22.9 Å². The van der Waals surface area contributed by atoms with Crippen LogP contribution in [-0.2, 0) is 14.4 Å². The number of amides is 5. The molecule has 0 radical (unpaired) electrons. The van der Waals surface area contributed by atoms with Crippen molar-refractivity contribution in [2.75, 3.05) is 19.6 Å². The van der Waals surface area contributed by atoms with Gasteiger partial charge in [0.2, 0.25) is 17.7 Å². The summed E-state index contributed by atoms with van der Waals surface area (Å²) in [6.45, 7) is 8.05. The molecule has 0 aromatic rings. The smallest absolute Gasteiger partial charge is 0.318 e. The van der Waals surface area contributed by atoms with Crippen LogP contribution in [0.15, 0.2) is 0 Å². The van der Waals surface area contributed by atoms with Crippen molar-refractivity contribution in [2.24, 2.45) is 11.7 Å². The first kappa shape index (κ1) is 34.8. The van der Waals surface area contributed by atoms with Crippen LogP contribution in [0.4, 0.5) is 4.79 Å². The fourth-order valence-corrected chi connectivity index (χ4v) is 4.14. The molecule has 0 bridgehead atoms. The minimum absolute atomic E-state index is 0.0639. The number of urea groups is 1. The Morgan fingerprint density at radius 3 is 1.68 bits per heavy atom. The summed E-state index contributed by atoms with van der Waals surface area (Å²) in [4.78, 5) is 46.8. The van der Waals surface area contributed by atoms with Crippen LogP contribution in [0.1, 0.15) is 124 Å². The number of primary amides is 1. The number of carbonyl (C=O) groups is 4. The third kappa shape index (κ3) is 22.7. The van der Waals surface area contributed by atoms with Gasteiger partial charge in [-0.25, -0.2) is 4.79 Å². The Balaban J connectivity index is 3.74. The lowest BCUT2D eigenvalue weighted by atomic mass is 10.0. The fraction of sp³-hybridized carbons (Fsp3) is 0.857. The lowest BCUT2D eigenvalue weighted by Gasteiger charge is -2.21. The van der Waals surface area contributed by atoms with Crippen molar-refractivity contribution in [2.45, 2.75) is 130 Å². The molecular weight excluding hydrogens is 470 g/mol. The zero-order valence-electron chi connectivity index (χ0n) is 23.8. The average Bonchev–Trinajstić information content (AvgIpc) is 2.84. The van der Waals surface area contributed by atoms with Gasteiger partial charge in [0.05, 0.1) is 0 Å². The van der Waals surface area contributed by atoms with Gasteiger partial charge in [0.15, 0.2) is 0 Å². The maximum Gasteiger partial charge on any atom is 0.318 e. The Morgan fingerprint density at radius 1 is 0.649 bits per heavy atom. The number of rotatable bonds is 24. The van der Waals surface area contributed by atoms with E-state index in [9.17, 15) is 19.2 Å². The van der Waals surface area contributed by atoms with E-state index >= 15 is 0 Å². The molecule has 0 aromatic carbocycles. The molecule has 9 heteroatoms. The second-order valence-electron chi connectivity index (χ2n) is 10.3. The van der Waals surface area contributed by atoms with E-state index in [-0.39, 0.29) is 30.7 Å². The summed E-state index contributed by atoms with van der Waals surface area (Å²) < 4.78 is 0. The minimum Gasteiger partial charge on any atom is -0.354 e. The molecule has 0 aliphatic rings. The number of hydrogen-bond donors (Lipinski definition) is 5. The summed E-state index contributed by atoms with van der Waals surface area (Å²) in [6.07, 6.45) is 17.6. The zero-order chi connectivity index (χ0) is 27.7. The highest BCUT2D eigenvalue weighted by Gasteiger charge is 2.23. The zero-order valence-corrected chi connectivity index (χ0v) is 23.8. The van der Waals surface area contributed by atoms with Crippen LogP contribution in [0.3, 0.4) is 0 Å². The van der Waals surface area contributed by atoms with E-state index < -0.39 is 18.0 Å². The summed E-state index contributed by atoms with van der Waals surface area (Å²) in [6, 6.07) is -1.52. The molecule has 5 amide bonds. The summed E-state index contributed by atoms with van der Waals surface area (Å²) >= 11 is 0. The largest absolute Gasteiger partial charge is 0.354 e. The molecule has 0 aromatic heterocycles. The highest BCUT2D eigenvalue weighted by molar-refractivity contribution is 5.93. The van der Waals surface area contributed by atoms with Gasteiger partial charge in [-0.2, -0.15) is 0 Å². The summed E-state index contributed by atoms with van der Waals surface area (Å²) in [5.74, 6) is -0.959. The Morgan fingerprint density at radius 2 is 1.14 bits per heavy atom. The van der Waals surface area contributed by atoms with Gasteiger partial charge < -0.3 is 21.7 Å². The topological polar surface area (TPSA) is 142 Å². The molecule has 0 aliphatic heterocycles. The molecule has 0 spiro atoms. The molecule has 37 heavy (non-hydrogen) atoms. The van der Waals surface area contributed by atoms with Crippen LogP contribution < -0.4 is 27.0 Å². The van der Waals surface area contributed by atoms with Crippen LogP contribution >= 0.6 is 0 Å². The predicted molar refractivity (Wildman–Crippen MR) is 150 cm³/mol. The van der Waals surface area contributed by atoms with E-state index in [0.29, 0.717) is 12.8 Å². The average molecular weight is 526 g/mol. The van der Waals surface area contributed by atoms with Gasteiger partial charge in [0, 0.05) is 19.4 Å². The van der Waals surface area contributed by atoms with Crippen molar-refractivity contribution in [3.8, 4) is 0 Å². The Labute approximate surface area is 225 Å². The summed E-state index contributed by atoms with van der Waals surface area (Å²) in [5, 5.41) is 11.0. The molecule has 0 rings (SSSR count). The summed E-state index contributed by atoms with van der Waals surface area (Å²) in [7, 11) is 0. The minimum atomic E-state index is -0.892. The first-order valence-corrected chi connectivity index (χ1v) is 14.6. The van der Waals surface area contributed by atoms with Gasteiger partial charge in [-0.1, -0.05) is 91.4 Å². The van der Waals surface area contributed by atoms with Gasteiger partial charge in [-0.15, -0.1) is 0 Å².